The van der Waals surface area contributed by atoms with Gasteiger partial charge in [-0.25, -0.2) is 0 Å². The maximum absolute atomic E-state index is 9.17. The molecule has 5 heteroatoms. The van der Waals surface area contributed by atoms with E-state index in [4.69, 9.17) is 14.9 Å². The molecule has 17 heavy (non-hydrogen) atoms. The fourth-order valence-electron chi connectivity index (χ4n) is 2.28. The third-order valence-electron chi connectivity index (χ3n) is 3.25. The number of nitrogens with two attached hydrogens (primary N) is 1. The molecule has 1 fully saturated rings. The fourth-order valence-corrected chi connectivity index (χ4v) is 2.28. The predicted molar refractivity (Wildman–Crippen MR) is 63.5 cm³/mol. The topological polar surface area (TPSA) is 71.9 Å². The molecular weight excluding hydrogens is 220 g/mol. The molecule has 1 aromatic rings. The van der Waals surface area contributed by atoms with Gasteiger partial charge in [0.05, 0.1) is 31.6 Å². The molecule has 2 rings (SSSR count). The summed E-state index contributed by atoms with van der Waals surface area (Å²) >= 11 is 0. The van der Waals surface area contributed by atoms with Gasteiger partial charge in [-0.2, -0.15) is 0 Å². The van der Waals surface area contributed by atoms with Gasteiger partial charge in [-0.05, 0) is 19.1 Å². The Morgan fingerprint density at radius 2 is 2.47 bits per heavy atom. The molecule has 0 saturated carbocycles. The van der Waals surface area contributed by atoms with Gasteiger partial charge in [0.15, 0.2) is 0 Å². The number of rotatable bonds is 4. The summed E-state index contributed by atoms with van der Waals surface area (Å²) < 4.78 is 11.0. The van der Waals surface area contributed by atoms with E-state index in [1.54, 1.807) is 6.26 Å². The van der Waals surface area contributed by atoms with Gasteiger partial charge in [-0.3, -0.25) is 4.90 Å². The van der Waals surface area contributed by atoms with Gasteiger partial charge >= 0.3 is 0 Å². The zero-order valence-electron chi connectivity index (χ0n) is 10.1. The highest BCUT2D eigenvalue weighted by molar-refractivity contribution is 5.06. The van der Waals surface area contributed by atoms with E-state index in [0.29, 0.717) is 19.7 Å². The molecule has 1 saturated heterocycles. The first kappa shape index (κ1) is 12.6. The summed E-state index contributed by atoms with van der Waals surface area (Å²) in [4.78, 5) is 2.24. The van der Waals surface area contributed by atoms with E-state index in [1.165, 1.54) is 0 Å². The lowest BCUT2D eigenvalue weighted by Crippen LogP contribution is -2.52. The highest BCUT2D eigenvalue weighted by atomic mass is 16.5. The van der Waals surface area contributed by atoms with Gasteiger partial charge < -0.3 is 20.0 Å². The molecule has 0 spiro atoms. The Morgan fingerprint density at radius 3 is 3.06 bits per heavy atom. The van der Waals surface area contributed by atoms with Crippen molar-refractivity contribution in [2.75, 3.05) is 26.3 Å². The van der Waals surface area contributed by atoms with Gasteiger partial charge in [0.2, 0.25) is 0 Å². The SMILES string of the molecule is CC1COC(CO)CN1C(CN)c1ccco1. The number of morpholine rings is 1. The minimum Gasteiger partial charge on any atom is -0.468 e. The number of nitrogens with zero attached hydrogens (tertiary/aromatic N) is 1. The minimum absolute atomic E-state index is 0.0403. The zero-order valence-corrected chi connectivity index (χ0v) is 10.1. The fraction of sp³-hybridized carbons (Fsp3) is 0.667. The summed E-state index contributed by atoms with van der Waals surface area (Å²) in [7, 11) is 0. The van der Waals surface area contributed by atoms with E-state index in [9.17, 15) is 5.11 Å². The van der Waals surface area contributed by atoms with Crippen molar-refractivity contribution in [1.82, 2.24) is 4.90 Å². The first-order chi connectivity index (χ1) is 8.26. The molecule has 0 radical (unpaired) electrons. The lowest BCUT2D eigenvalue weighted by Gasteiger charge is -2.41. The first-order valence-corrected chi connectivity index (χ1v) is 5.98. The zero-order chi connectivity index (χ0) is 12.3. The highest BCUT2D eigenvalue weighted by Crippen LogP contribution is 2.25. The second-order valence-corrected chi connectivity index (χ2v) is 4.45. The Hall–Kier alpha value is -0.880. The molecule has 2 heterocycles. The van der Waals surface area contributed by atoms with Crippen LogP contribution >= 0.6 is 0 Å². The second-order valence-electron chi connectivity index (χ2n) is 4.45. The monoisotopic (exact) mass is 240 g/mol. The summed E-state index contributed by atoms with van der Waals surface area (Å²) in [5.41, 5.74) is 5.84. The number of hydrogen-bond acceptors (Lipinski definition) is 5. The highest BCUT2D eigenvalue weighted by Gasteiger charge is 2.32. The standard InChI is InChI=1S/C12H20N2O3/c1-9-8-17-10(7-15)6-14(9)11(5-13)12-3-2-4-16-12/h2-4,9-11,15H,5-8,13H2,1H3. The van der Waals surface area contributed by atoms with Gasteiger partial charge in [0, 0.05) is 19.1 Å². The number of aliphatic hydroxyl groups is 1. The van der Waals surface area contributed by atoms with Gasteiger partial charge in [0.1, 0.15) is 5.76 Å². The molecule has 1 aliphatic rings. The molecule has 0 amide bonds. The maximum atomic E-state index is 9.17. The Balaban J connectivity index is 2.12. The molecule has 96 valence electrons. The Labute approximate surface area is 101 Å². The van der Waals surface area contributed by atoms with Crippen molar-refractivity contribution in [3.8, 4) is 0 Å². The van der Waals surface area contributed by atoms with Crippen molar-refractivity contribution < 1.29 is 14.3 Å². The predicted octanol–water partition coefficient (Wildman–Crippen LogP) is 0.361. The van der Waals surface area contributed by atoms with E-state index in [0.717, 1.165) is 5.76 Å². The molecular formula is C12H20N2O3. The summed E-state index contributed by atoms with van der Waals surface area (Å²) in [5, 5.41) is 9.17. The number of aliphatic hydroxyl groups excluding tert-OH is 1. The van der Waals surface area contributed by atoms with Crippen LogP contribution in [-0.4, -0.2) is 48.5 Å². The van der Waals surface area contributed by atoms with Crippen molar-refractivity contribution in [3.63, 3.8) is 0 Å². The Kier molecular flexibility index (Phi) is 4.17. The van der Waals surface area contributed by atoms with Crippen molar-refractivity contribution in [2.45, 2.75) is 25.1 Å². The summed E-state index contributed by atoms with van der Waals surface area (Å²) in [6.07, 6.45) is 1.53. The van der Waals surface area contributed by atoms with Crippen LogP contribution in [0.3, 0.4) is 0 Å². The molecule has 3 N–H and O–H groups in total. The van der Waals surface area contributed by atoms with Crippen LogP contribution in [0.2, 0.25) is 0 Å². The van der Waals surface area contributed by atoms with Crippen LogP contribution in [-0.2, 0) is 4.74 Å². The van der Waals surface area contributed by atoms with Crippen LogP contribution in [0.15, 0.2) is 22.8 Å². The molecule has 5 nitrogen and oxygen atoms in total. The smallest absolute Gasteiger partial charge is 0.122 e. The molecule has 0 bridgehead atoms. The lowest BCUT2D eigenvalue weighted by atomic mass is 10.1. The summed E-state index contributed by atoms with van der Waals surface area (Å²) in [6, 6.07) is 4.13. The Bertz CT molecular complexity index is 329. The van der Waals surface area contributed by atoms with E-state index in [1.807, 2.05) is 12.1 Å². The number of hydrogen-bond donors (Lipinski definition) is 2. The van der Waals surface area contributed by atoms with E-state index >= 15 is 0 Å². The quantitative estimate of drug-likeness (QED) is 0.795. The minimum atomic E-state index is -0.129. The van der Waals surface area contributed by atoms with Crippen LogP contribution in [0.25, 0.3) is 0 Å². The lowest BCUT2D eigenvalue weighted by molar-refractivity contribution is -0.0928. The third-order valence-corrected chi connectivity index (χ3v) is 3.25. The Morgan fingerprint density at radius 1 is 1.65 bits per heavy atom. The normalized spacial score (nSPS) is 28.2. The maximum Gasteiger partial charge on any atom is 0.122 e. The number of furan rings is 1. The van der Waals surface area contributed by atoms with Crippen LogP contribution in [0, 0.1) is 0 Å². The van der Waals surface area contributed by atoms with Crippen molar-refractivity contribution >= 4 is 0 Å². The number of ether oxygens (including phenoxy) is 1. The summed E-state index contributed by atoms with van der Waals surface area (Å²) in [6.45, 7) is 3.93. The molecule has 3 atom stereocenters. The van der Waals surface area contributed by atoms with Gasteiger partial charge in [-0.1, -0.05) is 0 Å². The average Bonchev–Trinajstić information content (AvgIpc) is 2.86. The molecule has 0 aromatic carbocycles. The van der Waals surface area contributed by atoms with Crippen LogP contribution in [0.4, 0.5) is 0 Å². The molecule has 1 aromatic heterocycles. The average molecular weight is 240 g/mol. The largest absolute Gasteiger partial charge is 0.468 e. The van der Waals surface area contributed by atoms with Crippen LogP contribution < -0.4 is 5.73 Å². The van der Waals surface area contributed by atoms with Crippen molar-refractivity contribution in [1.29, 1.82) is 0 Å². The summed E-state index contributed by atoms with van der Waals surface area (Å²) in [5.74, 6) is 0.873. The van der Waals surface area contributed by atoms with Crippen molar-refractivity contribution in [3.05, 3.63) is 24.2 Å². The molecule has 1 aliphatic heterocycles. The second kappa shape index (κ2) is 5.64. The van der Waals surface area contributed by atoms with Crippen molar-refractivity contribution in [2.24, 2.45) is 5.73 Å². The van der Waals surface area contributed by atoms with E-state index < -0.39 is 0 Å². The first-order valence-electron chi connectivity index (χ1n) is 5.98. The van der Waals surface area contributed by atoms with Crippen LogP contribution in [0.5, 0.6) is 0 Å². The molecule has 3 unspecified atom stereocenters. The van der Waals surface area contributed by atoms with Crippen LogP contribution in [0.1, 0.15) is 18.7 Å². The third kappa shape index (κ3) is 2.69. The molecule has 0 aliphatic carbocycles. The van der Waals surface area contributed by atoms with E-state index in [-0.39, 0.29) is 24.8 Å². The van der Waals surface area contributed by atoms with Gasteiger partial charge in [-0.15, -0.1) is 0 Å². The van der Waals surface area contributed by atoms with E-state index in [2.05, 4.69) is 11.8 Å². The van der Waals surface area contributed by atoms with Gasteiger partial charge in [0.25, 0.3) is 0 Å².